The van der Waals surface area contributed by atoms with E-state index in [0.29, 0.717) is 19.3 Å². The van der Waals surface area contributed by atoms with Gasteiger partial charge in [-0.3, -0.25) is 4.79 Å². The number of unbranched alkanes of at least 4 members (excludes halogenated alkanes) is 27. The van der Waals surface area contributed by atoms with E-state index in [4.69, 9.17) is 9.47 Å². The summed E-state index contributed by atoms with van der Waals surface area (Å²) in [6, 6.07) is -1.16. The normalized spacial score (nSPS) is 22.1. The van der Waals surface area contributed by atoms with E-state index in [1.165, 1.54) is 148 Å². The fourth-order valence-corrected chi connectivity index (χ4v) is 8.36. The van der Waals surface area contributed by atoms with Crippen LogP contribution >= 0.6 is 0 Å². The molecule has 60 heavy (non-hydrogen) atoms. The minimum Gasteiger partial charge on any atom is -0.394 e. The highest BCUT2D eigenvalue weighted by Crippen LogP contribution is 2.23. The molecular formula is C49H97NO10. The Kier molecular flexibility index (Phi) is 36.7. The van der Waals surface area contributed by atoms with Crippen LogP contribution in [-0.4, -0.2) is 110 Å². The number of carbonyl (C=O) groups is 1. The Labute approximate surface area is 367 Å². The van der Waals surface area contributed by atoms with Gasteiger partial charge >= 0.3 is 0 Å². The van der Waals surface area contributed by atoms with Gasteiger partial charge in [0.15, 0.2) is 6.29 Å². The van der Waals surface area contributed by atoms with Gasteiger partial charge < -0.3 is 50.5 Å². The van der Waals surface area contributed by atoms with Crippen molar-refractivity contribution >= 4 is 5.91 Å². The highest BCUT2D eigenvalue weighted by Gasteiger charge is 2.44. The molecule has 1 aliphatic heterocycles. The standard InChI is InChI=1S/C49H97NO10/c1-4-6-7-8-9-10-11-12-13-14-15-16-17-18-19-20-23-27-30-33-36-42(53)48(58)50-40(38-59-49-47(57)46(56)45(55)43(37-51)60-49)44(54)41(52)35-32-29-26-24-21-22-25-28-31-34-39(3)5-2/h39-47,49,51-57H,4-38H2,1-3H3,(H,50,58)/t39-,40+,41-,42-,43-,44+,45-,46+,47-,49-/m1/s1. The minimum absolute atomic E-state index is 0.266. The third-order valence-corrected chi connectivity index (χ3v) is 13.0. The summed E-state index contributed by atoms with van der Waals surface area (Å²) in [4.78, 5) is 13.1. The lowest BCUT2D eigenvalue weighted by Crippen LogP contribution is -2.60. The number of rotatable bonds is 42. The van der Waals surface area contributed by atoms with E-state index in [-0.39, 0.29) is 6.42 Å². The molecule has 0 unspecified atom stereocenters. The topological polar surface area (TPSA) is 189 Å². The highest BCUT2D eigenvalue weighted by molar-refractivity contribution is 5.80. The summed E-state index contributed by atoms with van der Waals surface area (Å²) < 4.78 is 11.1. The van der Waals surface area contributed by atoms with Gasteiger partial charge in [0, 0.05) is 0 Å². The van der Waals surface area contributed by atoms with Gasteiger partial charge in [-0.25, -0.2) is 0 Å². The van der Waals surface area contributed by atoms with Crippen molar-refractivity contribution in [2.45, 2.75) is 288 Å². The van der Waals surface area contributed by atoms with E-state index < -0.39 is 74.2 Å². The molecule has 0 aromatic carbocycles. The van der Waals surface area contributed by atoms with Crippen LogP contribution in [0.1, 0.15) is 233 Å². The number of ether oxygens (including phenoxy) is 2. The van der Waals surface area contributed by atoms with Crippen molar-refractivity contribution in [1.29, 1.82) is 0 Å². The third-order valence-electron chi connectivity index (χ3n) is 13.0. The van der Waals surface area contributed by atoms with Crippen molar-refractivity contribution in [2.75, 3.05) is 13.2 Å². The molecular weight excluding hydrogens is 763 g/mol. The first-order valence-electron chi connectivity index (χ1n) is 25.3. The second-order valence-corrected chi connectivity index (χ2v) is 18.5. The monoisotopic (exact) mass is 860 g/mol. The lowest BCUT2D eigenvalue weighted by Gasteiger charge is -2.40. The van der Waals surface area contributed by atoms with Crippen molar-refractivity contribution in [2.24, 2.45) is 5.92 Å². The van der Waals surface area contributed by atoms with Crippen LogP contribution in [0.4, 0.5) is 0 Å². The summed E-state index contributed by atoms with van der Waals surface area (Å²) in [6.45, 7) is 5.79. The fourth-order valence-electron chi connectivity index (χ4n) is 8.36. The van der Waals surface area contributed by atoms with Crippen molar-refractivity contribution in [3.05, 3.63) is 0 Å². The lowest BCUT2D eigenvalue weighted by atomic mass is 9.98. The van der Waals surface area contributed by atoms with E-state index in [1.54, 1.807) is 0 Å². The Morgan fingerprint density at radius 3 is 1.38 bits per heavy atom. The number of hydrogen-bond acceptors (Lipinski definition) is 10. The van der Waals surface area contributed by atoms with Crippen LogP contribution < -0.4 is 5.32 Å². The van der Waals surface area contributed by atoms with Gasteiger partial charge in [0.05, 0.1) is 25.4 Å². The second kappa shape index (κ2) is 38.6. The molecule has 1 heterocycles. The maximum atomic E-state index is 13.1. The molecule has 1 aliphatic rings. The number of nitrogens with one attached hydrogen (secondary N) is 1. The summed E-state index contributed by atoms with van der Waals surface area (Å²) >= 11 is 0. The summed E-state index contributed by atoms with van der Waals surface area (Å²) in [5.41, 5.74) is 0. The second-order valence-electron chi connectivity index (χ2n) is 18.5. The molecule has 0 bridgehead atoms. The molecule has 1 rings (SSSR count). The Morgan fingerprint density at radius 2 is 0.967 bits per heavy atom. The largest absolute Gasteiger partial charge is 0.394 e. The van der Waals surface area contributed by atoms with Crippen molar-refractivity contribution in [3.63, 3.8) is 0 Å². The third kappa shape index (κ3) is 28.0. The number of carbonyl (C=O) groups excluding carboxylic acids is 1. The molecule has 0 aliphatic carbocycles. The average molecular weight is 860 g/mol. The molecule has 1 saturated heterocycles. The van der Waals surface area contributed by atoms with Gasteiger partial charge in [-0.05, 0) is 18.8 Å². The number of amides is 1. The van der Waals surface area contributed by atoms with E-state index in [1.807, 2.05) is 0 Å². The molecule has 0 aromatic heterocycles. The first-order chi connectivity index (χ1) is 29.1. The molecule has 0 saturated carbocycles. The van der Waals surface area contributed by atoms with E-state index >= 15 is 0 Å². The van der Waals surface area contributed by atoms with Gasteiger partial charge in [0.2, 0.25) is 5.91 Å². The van der Waals surface area contributed by atoms with Gasteiger partial charge in [-0.1, -0.05) is 220 Å². The Bertz CT molecular complexity index is 959. The molecule has 0 aromatic rings. The summed E-state index contributed by atoms with van der Waals surface area (Å²) in [5.74, 6) is 0.122. The van der Waals surface area contributed by atoms with Crippen LogP contribution in [0.3, 0.4) is 0 Å². The number of hydrogen-bond donors (Lipinski definition) is 8. The zero-order valence-electron chi connectivity index (χ0n) is 38.9. The molecule has 11 nitrogen and oxygen atoms in total. The molecule has 10 atom stereocenters. The van der Waals surface area contributed by atoms with Gasteiger partial charge in [-0.2, -0.15) is 0 Å². The first kappa shape index (κ1) is 57.1. The Morgan fingerprint density at radius 1 is 0.567 bits per heavy atom. The predicted octanol–water partition coefficient (Wildman–Crippen LogP) is 8.92. The Hall–Kier alpha value is -0.890. The van der Waals surface area contributed by atoms with Gasteiger partial charge in [-0.15, -0.1) is 0 Å². The van der Waals surface area contributed by atoms with Crippen molar-refractivity contribution in [1.82, 2.24) is 5.32 Å². The molecule has 1 fully saturated rings. The quantitative estimate of drug-likeness (QED) is 0.0275. The van der Waals surface area contributed by atoms with Crippen LogP contribution in [0.25, 0.3) is 0 Å². The van der Waals surface area contributed by atoms with E-state index in [0.717, 1.165) is 44.4 Å². The molecule has 358 valence electrons. The van der Waals surface area contributed by atoms with Gasteiger partial charge in [0.1, 0.15) is 36.6 Å². The molecule has 1 amide bonds. The highest BCUT2D eigenvalue weighted by atomic mass is 16.7. The fraction of sp³-hybridized carbons (Fsp3) is 0.980. The average Bonchev–Trinajstić information content (AvgIpc) is 3.25. The lowest BCUT2D eigenvalue weighted by molar-refractivity contribution is -0.303. The van der Waals surface area contributed by atoms with Gasteiger partial charge in [0.25, 0.3) is 0 Å². The predicted molar refractivity (Wildman–Crippen MR) is 243 cm³/mol. The maximum Gasteiger partial charge on any atom is 0.249 e. The number of aliphatic hydroxyl groups is 7. The summed E-state index contributed by atoms with van der Waals surface area (Å²) in [5, 5.41) is 75.8. The van der Waals surface area contributed by atoms with Crippen LogP contribution in [-0.2, 0) is 14.3 Å². The van der Waals surface area contributed by atoms with Crippen molar-refractivity contribution < 1.29 is 50.0 Å². The molecule has 8 N–H and O–H groups in total. The zero-order valence-corrected chi connectivity index (χ0v) is 38.9. The van der Waals surface area contributed by atoms with Crippen LogP contribution in [0.2, 0.25) is 0 Å². The maximum absolute atomic E-state index is 13.1. The van der Waals surface area contributed by atoms with E-state index in [9.17, 15) is 40.5 Å². The van der Waals surface area contributed by atoms with Crippen LogP contribution in [0.5, 0.6) is 0 Å². The Balaban J connectivity index is 2.37. The number of aliphatic hydroxyl groups excluding tert-OH is 7. The molecule has 0 spiro atoms. The summed E-state index contributed by atoms with van der Waals surface area (Å²) in [6.07, 6.45) is 27.2. The van der Waals surface area contributed by atoms with Crippen LogP contribution in [0, 0.1) is 5.92 Å². The smallest absolute Gasteiger partial charge is 0.249 e. The van der Waals surface area contributed by atoms with Crippen molar-refractivity contribution in [3.8, 4) is 0 Å². The molecule has 0 radical (unpaired) electrons. The molecule has 11 heteroatoms. The minimum atomic E-state index is -1.66. The first-order valence-corrected chi connectivity index (χ1v) is 25.3. The van der Waals surface area contributed by atoms with Crippen LogP contribution in [0.15, 0.2) is 0 Å². The van der Waals surface area contributed by atoms with E-state index in [2.05, 4.69) is 26.1 Å². The SMILES string of the molecule is CCCCCCCCCCCCCCCCCCCCCC[C@@H](O)C(=O)N[C@@H](CO[C@@H]1O[C@H](CO)[C@@H](O)[C@H](O)[C@H]1O)[C@H](O)[C@H](O)CCCCCCCCCCC[C@H](C)CC. The zero-order chi connectivity index (χ0) is 44.2. The summed E-state index contributed by atoms with van der Waals surface area (Å²) in [7, 11) is 0.